The number of hydrogen-bond acceptors (Lipinski definition) is 5. The highest BCUT2D eigenvalue weighted by Crippen LogP contribution is 2.23. The van der Waals surface area contributed by atoms with E-state index in [1.54, 1.807) is 23.3 Å². The summed E-state index contributed by atoms with van der Waals surface area (Å²) in [6, 6.07) is 11.7. The molecule has 0 spiro atoms. The number of amides is 1. The Morgan fingerprint density at radius 1 is 1.03 bits per heavy atom. The molecule has 1 N–H and O–H groups in total. The van der Waals surface area contributed by atoms with E-state index in [0.717, 1.165) is 47.2 Å². The molecule has 7 nitrogen and oxygen atoms in total. The van der Waals surface area contributed by atoms with E-state index >= 15 is 0 Å². The molecule has 4 heterocycles. The fourth-order valence-corrected chi connectivity index (χ4v) is 4.02. The Labute approximate surface area is 180 Å². The third kappa shape index (κ3) is 4.32. The number of fused-ring (bicyclic) bond motifs is 1. The number of rotatable bonds is 5. The number of nitrogens with zero attached hydrogens (tertiary/aromatic N) is 5. The Kier molecular flexibility index (Phi) is 5.18. The molecule has 0 saturated carbocycles. The molecule has 1 aliphatic rings. The van der Waals surface area contributed by atoms with Gasteiger partial charge in [-0.25, -0.2) is 4.98 Å². The van der Waals surface area contributed by atoms with Gasteiger partial charge in [-0.05, 0) is 61.1 Å². The van der Waals surface area contributed by atoms with Gasteiger partial charge >= 0.3 is 0 Å². The van der Waals surface area contributed by atoms with E-state index in [1.165, 1.54) is 12.8 Å². The molecule has 0 radical (unpaired) electrons. The molecule has 7 heteroatoms. The molecule has 0 bridgehead atoms. The molecule has 5 rings (SSSR count). The fraction of sp³-hybridized carbons (Fsp3) is 0.250. The van der Waals surface area contributed by atoms with Crippen LogP contribution in [0.3, 0.4) is 0 Å². The number of aromatic nitrogens is 4. The molecular formula is C24H24N6O. The summed E-state index contributed by atoms with van der Waals surface area (Å²) in [6.45, 7) is 3.15. The smallest absolute Gasteiger partial charge is 0.256 e. The number of hydrogen-bond donors (Lipinski definition) is 1. The molecule has 1 aliphatic heterocycles. The van der Waals surface area contributed by atoms with Crippen molar-refractivity contribution < 1.29 is 4.79 Å². The Morgan fingerprint density at radius 2 is 1.87 bits per heavy atom. The highest BCUT2D eigenvalue weighted by molar-refractivity contribution is 6.04. The van der Waals surface area contributed by atoms with Crippen LogP contribution in [0.5, 0.6) is 0 Å². The SMILES string of the molecule is Cn1cc(-c2cc3cc(NC(=O)c4cccc(CN5CCCC5)c4)ncc3cn2)cn1. The van der Waals surface area contributed by atoms with Gasteiger partial charge in [-0.2, -0.15) is 5.10 Å². The summed E-state index contributed by atoms with van der Waals surface area (Å²) >= 11 is 0. The standard InChI is InChI=1S/C24H24N6O/c1-29-16-21(14-27-29)22-10-19-11-23(26-13-20(19)12-25-22)28-24(31)18-6-4-5-17(9-18)15-30-7-2-3-8-30/h4-6,9-14,16H,2-3,7-8,15H2,1H3,(H,26,28,31). The fourth-order valence-electron chi connectivity index (χ4n) is 4.02. The van der Waals surface area contributed by atoms with Gasteiger partial charge in [-0.15, -0.1) is 0 Å². The molecule has 4 aromatic rings. The minimum Gasteiger partial charge on any atom is -0.307 e. The second kappa shape index (κ2) is 8.28. The monoisotopic (exact) mass is 412 g/mol. The van der Waals surface area contributed by atoms with Crippen LogP contribution in [0.1, 0.15) is 28.8 Å². The maximum absolute atomic E-state index is 12.8. The lowest BCUT2D eigenvalue weighted by Crippen LogP contribution is -2.19. The van der Waals surface area contributed by atoms with Crippen LogP contribution in [0, 0.1) is 0 Å². The lowest BCUT2D eigenvalue weighted by Gasteiger charge is -2.15. The maximum Gasteiger partial charge on any atom is 0.256 e. The lowest BCUT2D eigenvalue weighted by atomic mass is 10.1. The van der Waals surface area contributed by atoms with E-state index in [9.17, 15) is 4.79 Å². The van der Waals surface area contributed by atoms with Crippen molar-refractivity contribution in [3.05, 3.63) is 72.3 Å². The van der Waals surface area contributed by atoms with Crippen LogP contribution in [-0.4, -0.2) is 43.6 Å². The summed E-state index contributed by atoms with van der Waals surface area (Å²) in [5.41, 5.74) is 3.58. The topological polar surface area (TPSA) is 75.9 Å². The largest absolute Gasteiger partial charge is 0.307 e. The molecule has 1 fully saturated rings. The predicted molar refractivity (Wildman–Crippen MR) is 121 cm³/mol. The molecule has 3 aromatic heterocycles. The minimum atomic E-state index is -0.156. The second-order valence-electron chi connectivity index (χ2n) is 8.03. The summed E-state index contributed by atoms with van der Waals surface area (Å²) in [5.74, 6) is 0.363. The average molecular weight is 412 g/mol. The van der Waals surface area contributed by atoms with Gasteiger partial charge in [-0.3, -0.25) is 19.4 Å². The quantitative estimate of drug-likeness (QED) is 0.538. The molecule has 0 unspecified atom stereocenters. The molecule has 0 atom stereocenters. The third-order valence-corrected chi connectivity index (χ3v) is 5.64. The van der Waals surface area contributed by atoms with Gasteiger partial charge in [-0.1, -0.05) is 12.1 Å². The molecular weight excluding hydrogens is 388 g/mol. The zero-order chi connectivity index (χ0) is 21.2. The van der Waals surface area contributed by atoms with Crippen molar-refractivity contribution in [3.8, 4) is 11.3 Å². The van der Waals surface area contributed by atoms with Crippen LogP contribution in [0.25, 0.3) is 22.0 Å². The van der Waals surface area contributed by atoms with Crippen molar-refractivity contribution in [1.82, 2.24) is 24.6 Å². The van der Waals surface area contributed by atoms with E-state index in [-0.39, 0.29) is 5.91 Å². The zero-order valence-electron chi connectivity index (χ0n) is 17.5. The Bertz CT molecular complexity index is 1240. The highest BCUT2D eigenvalue weighted by atomic mass is 16.1. The number of pyridine rings is 2. The number of benzene rings is 1. The van der Waals surface area contributed by atoms with Gasteiger partial charge < -0.3 is 5.32 Å². The van der Waals surface area contributed by atoms with Gasteiger partial charge in [0.1, 0.15) is 5.82 Å². The van der Waals surface area contributed by atoms with Crippen LogP contribution in [0.15, 0.2) is 61.2 Å². The van der Waals surface area contributed by atoms with Gasteiger partial charge in [0.05, 0.1) is 11.9 Å². The average Bonchev–Trinajstić information content (AvgIpc) is 3.45. The van der Waals surface area contributed by atoms with Crippen LogP contribution in [-0.2, 0) is 13.6 Å². The summed E-state index contributed by atoms with van der Waals surface area (Å²) in [5, 5.41) is 9.02. The molecule has 1 saturated heterocycles. The highest BCUT2D eigenvalue weighted by Gasteiger charge is 2.14. The molecule has 1 aromatic carbocycles. The number of aryl methyl sites for hydroxylation is 1. The normalized spacial score (nSPS) is 14.2. The summed E-state index contributed by atoms with van der Waals surface area (Å²) in [4.78, 5) is 24.2. The second-order valence-corrected chi connectivity index (χ2v) is 8.03. The Hall–Kier alpha value is -3.58. The third-order valence-electron chi connectivity index (χ3n) is 5.64. The number of anilines is 1. The van der Waals surface area contributed by atoms with E-state index < -0.39 is 0 Å². The van der Waals surface area contributed by atoms with E-state index in [4.69, 9.17) is 0 Å². The minimum absolute atomic E-state index is 0.156. The van der Waals surface area contributed by atoms with Crippen molar-refractivity contribution in [2.24, 2.45) is 7.05 Å². The number of carbonyl (C=O) groups is 1. The Morgan fingerprint density at radius 3 is 2.68 bits per heavy atom. The number of likely N-dealkylation sites (tertiary alicyclic amines) is 1. The van der Waals surface area contributed by atoms with Gasteiger partial charge in [0, 0.05) is 48.7 Å². The van der Waals surface area contributed by atoms with E-state index in [1.807, 2.05) is 43.6 Å². The Balaban J connectivity index is 1.35. The molecule has 156 valence electrons. The summed E-state index contributed by atoms with van der Waals surface area (Å²) < 4.78 is 1.75. The van der Waals surface area contributed by atoms with Crippen LogP contribution in [0.4, 0.5) is 5.82 Å². The van der Waals surface area contributed by atoms with Gasteiger partial charge in [0.25, 0.3) is 5.91 Å². The summed E-state index contributed by atoms with van der Waals surface area (Å²) in [6.07, 6.45) is 9.74. The van der Waals surface area contributed by atoms with Crippen molar-refractivity contribution in [1.29, 1.82) is 0 Å². The van der Waals surface area contributed by atoms with Crippen molar-refractivity contribution >= 4 is 22.5 Å². The van der Waals surface area contributed by atoms with Crippen LogP contribution >= 0.6 is 0 Å². The van der Waals surface area contributed by atoms with Crippen LogP contribution < -0.4 is 5.32 Å². The van der Waals surface area contributed by atoms with Gasteiger partial charge in [0.15, 0.2) is 0 Å². The number of carbonyl (C=O) groups excluding carboxylic acids is 1. The first kappa shape index (κ1) is 19.4. The predicted octanol–water partition coefficient (Wildman–Crippen LogP) is 3.88. The van der Waals surface area contributed by atoms with Crippen molar-refractivity contribution in [3.63, 3.8) is 0 Å². The van der Waals surface area contributed by atoms with E-state index in [2.05, 4.69) is 31.3 Å². The van der Waals surface area contributed by atoms with Gasteiger partial charge in [0.2, 0.25) is 0 Å². The first-order valence-corrected chi connectivity index (χ1v) is 10.5. The maximum atomic E-state index is 12.8. The molecule has 31 heavy (non-hydrogen) atoms. The first-order chi connectivity index (χ1) is 15.1. The lowest BCUT2D eigenvalue weighted by molar-refractivity contribution is 0.102. The zero-order valence-corrected chi connectivity index (χ0v) is 17.5. The van der Waals surface area contributed by atoms with Crippen LogP contribution in [0.2, 0.25) is 0 Å². The molecule has 0 aliphatic carbocycles. The number of nitrogens with one attached hydrogen (secondary N) is 1. The van der Waals surface area contributed by atoms with E-state index in [0.29, 0.717) is 11.4 Å². The van der Waals surface area contributed by atoms with Crippen molar-refractivity contribution in [2.75, 3.05) is 18.4 Å². The first-order valence-electron chi connectivity index (χ1n) is 10.5. The molecule has 1 amide bonds. The summed E-state index contributed by atoms with van der Waals surface area (Å²) in [7, 11) is 1.88. The van der Waals surface area contributed by atoms with Crippen molar-refractivity contribution in [2.45, 2.75) is 19.4 Å².